The van der Waals surface area contributed by atoms with Crippen molar-refractivity contribution < 1.29 is 4.52 Å². The molecule has 0 amide bonds. The summed E-state index contributed by atoms with van der Waals surface area (Å²) in [5, 5.41) is 4.03. The molecule has 21 heavy (non-hydrogen) atoms. The molecule has 0 unspecified atom stereocenters. The lowest BCUT2D eigenvalue weighted by Gasteiger charge is -2.17. The lowest BCUT2D eigenvalue weighted by atomic mass is 9.99. The van der Waals surface area contributed by atoms with Crippen molar-refractivity contribution in [1.29, 1.82) is 0 Å². The van der Waals surface area contributed by atoms with E-state index >= 15 is 0 Å². The summed E-state index contributed by atoms with van der Waals surface area (Å²) in [5.74, 6) is 1.15. The average Bonchev–Trinajstić information content (AvgIpc) is 3.08. The highest BCUT2D eigenvalue weighted by molar-refractivity contribution is 5.85. The summed E-state index contributed by atoms with van der Waals surface area (Å²) in [7, 11) is 0. The number of benzene rings is 1. The Bertz CT molecular complexity index is 613. The zero-order valence-corrected chi connectivity index (χ0v) is 12.9. The lowest BCUT2D eigenvalue weighted by molar-refractivity contribution is 0.364. The SMILES string of the molecule is Cc1ccc(/C=C/c2nc(C3(N)CCCC3)no2)cc1.Cl. The molecule has 0 saturated heterocycles. The largest absolute Gasteiger partial charge is 0.335 e. The molecule has 1 aliphatic carbocycles. The maximum Gasteiger partial charge on any atom is 0.250 e. The molecule has 0 bridgehead atoms. The molecule has 5 heteroatoms. The predicted molar refractivity (Wildman–Crippen MR) is 86.0 cm³/mol. The summed E-state index contributed by atoms with van der Waals surface area (Å²) in [4.78, 5) is 4.41. The fourth-order valence-electron chi connectivity index (χ4n) is 2.58. The van der Waals surface area contributed by atoms with Crippen LogP contribution in [0.25, 0.3) is 12.2 Å². The van der Waals surface area contributed by atoms with Crippen molar-refractivity contribution >= 4 is 24.6 Å². The zero-order valence-electron chi connectivity index (χ0n) is 12.1. The number of nitrogens with zero attached hydrogens (tertiary/aromatic N) is 2. The maximum atomic E-state index is 6.31. The normalized spacial score (nSPS) is 17.0. The van der Waals surface area contributed by atoms with Gasteiger partial charge in [-0.3, -0.25) is 0 Å². The fourth-order valence-corrected chi connectivity index (χ4v) is 2.58. The van der Waals surface area contributed by atoms with Crippen molar-refractivity contribution in [2.24, 2.45) is 5.73 Å². The molecular weight excluding hydrogens is 286 g/mol. The van der Waals surface area contributed by atoms with Crippen LogP contribution in [0.3, 0.4) is 0 Å². The standard InChI is InChI=1S/C16H19N3O.ClH/c1-12-4-6-13(7-5-12)8-9-14-18-15(19-20-14)16(17)10-2-3-11-16;/h4-9H,2-3,10-11,17H2,1H3;1H/b9-8+;. The Hall–Kier alpha value is -1.65. The first-order chi connectivity index (χ1) is 9.66. The Morgan fingerprint density at radius 2 is 1.81 bits per heavy atom. The Kier molecular flexibility index (Phi) is 4.80. The predicted octanol–water partition coefficient (Wildman–Crippen LogP) is 3.70. The first-order valence-corrected chi connectivity index (χ1v) is 7.04. The minimum absolute atomic E-state index is 0. The van der Waals surface area contributed by atoms with Gasteiger partial charge in [-0.05, 0) is 31.4 Å². The molecule has 1 heterocycles. The van der Waals surface area contributed by atoms with E-state index in [-0.39, 0.29) is 17.9 Å². The van der Waals surface area contributed by atoms with Crippen LogP contribution in [0.15, 0.2) is 28.8 Å². The molecule has 1 saturated carbocycles. The smallest absolute Gasteiger partial charge is 0.250 e. The van der Waals surface area contributed by atoms with Gasteiger partial charge < -0.3 is 10.3 Å². The highest BCUT2D eigenvalue weighted by Gasteiger charge is 2.35. The number of rotatable bonds is 3. The Balaban J connectivity index is 0.00000161. The van der Waals surface area contributed by atoms with Crippen molar-refractivity contribution in [1.82, 2.24) is 10.1 Å². The van der Waals surface area contributed by atoms with Crippen molar-refractivity contribution in [3.05, 3.63) is 47.1 Å². The second kappa shape index (κ2) is 6.41. The Morgan fingerprint density at radius 1 is 1.14 bits per heavy atom. The Labute approximate surface area is 130 Å². The van der Waals surface area contributed by atoms with Gasteiger partial charge in [0.15, 0.2) is 5.82 Å². The van der Waals surface area contributed by atoms with Gasteiger partial charge in [0, 0.05) is 6.08 Å². The van der Waals surface area contributed by atoms with Crippen LogP contribution in [-0.2, 0) is 5.54 Å². The van der Waals surface area contributed by atoms with Gasteiger partial charge in [-0.15, -0.1) is 12.4 Å². The van der Waals surface area contributed by atoms with Crippen LogP contribution in [0.4, 0.5) is 0 Å². The van der Waals surface area contributed by atoms with Gasteiger partial charge in [0.05, 0.1) is 5.54 Å². The van der Waals surface area contributed by atoms with Gasteiger partial charge in [-0.1, -0.05) is 47.8 Å². The number of hydrogen-bond acceptors (Lipinski definition) is 4. The van der Waals surface area contributed by atoms with Crippen molar-refractivity contribution in [3.8, 4) is 0 Å². The van der Waals surface area contributed by atoms with E-state index in [9.17, 15) is 0 Å². The van der Waals surface area contributed by atoms with E-state index in [1.165, 1.54) is 5.56 Å². The molecule has 1 aliphatic rings. The molecule has 0 radical (unpaired) electrons. The minimum Gasteiger partial charge on any atom is -0.335 e. The molecule has 2 N–H and O–H groups in total. The van der Waals surface area contributed by atoms with Crippen LogP contribution in [0.5, 0.6) is 0 Å². The van der Waals surface area contributed by atoms with Crippen LogP contribution in [0, 0.1) is 6.92 Å². The monoisotopic (exact) mass is 305 g/mol. The van der Waals surface area contributed by atoms with E-state index in [1.807, 2.05) is 12.2 Å². The zero-order chi connectivity index (χ0) is 14.0. The molecule has 3 rings (SSSR count). The molecule has 4 nitrogen and oxygen atoms in total. The number of aryl methyl sites for hydroxylation is 1. The van der Waals surface area contributed by atoms with Crippen molar-refractivity contribution in [3.63, 3.8) is 0 Å². The summed E-state index contributed by atoms with van der Waals surface area (Å²) in [6.45, 7) is 2.07. The summed E-state index contributed by atoms with van der Waals surface area (Å²) >= 11 is 0. The van der Waals surface area contributed by atoms with Crippen LogP contribution < -0.4 is 5.73 Å². The van der Waals surface area contributed by atoms with Gasteiger partial charge >= 0.3 is 0 Å². The van der Waals surface area contributed by atoms with Gasteiger partial charge in [0.25, 0.3) is 5.89 Å². The number of hydrogen-bond donors (Lipinski definition) is 1. The van der Waals surface area contributed by atoms with Crippen LogP contribution >= 0.6 is 12.4 Å². The third-order valence-electron chi connectivity index (χ3n) is 3.88. The minimum atomic E-state index is -0.389. The number of nitrogens with two attached hydrogens (primary N) is 1. The average molecular weight is 306 g/mol. The molecule has 1 aromatic heterocycles. The maximum absolute atomic E-state index is 6.31. The molecule has 0 spiro atoms. The molecule has 0 aliphatic heterocycles. The molecule has 1 fully saturated rings. The van der Waals surface area contributed by atoms with E-state index in [0.717, 1.165) is 31.2 Å². The van der Waals surface area contributed by atoms with Crippen LogP contribution in [-0.4, -0.2) is 10.1 Å². The highest BCUT2D eigenvalue weighted by atomic mass is 35.5. The highest BCUT2D eigenvalue weighted by Crippen LogP contribution is 2.34. The first-order valence-electron chi connectivity index (χ1n) is 7.04. The van der Waals surface area contributed by atoms with Gasteiger partial charge in [0.1, 0.15) is 0 Å². The molecule has 1 aromatic carbocycles. The molecular formula is C16H20ClN3O. The van der Waals surface area contributed by atoms with Crippen LogP contribution in [0.2, 0.25) is 0 Å². The summed E-state index contributed by atoms with van der Waals surface area (Å²) in [6, 6.07) is 8.27. The third-order valence-corrected chi connectivity index (χ3v) is 3.88. The van der Waals surface area contributed by atoms with E-state index in [4.69, 9.17) is 10.3 Å². The Morgan fingerprint density at radius 3 is 2.48 bits per heavy atom. The molecule has 112 valence electrons. The first kappa shape index (κ1) is 15.7. The summed E-state index contributed by atoms with van der Waals surface area (Å²) < 4.78 is 5.26. The summed E-state index contributed by atoms with van der Waals surface area (Å²) in [5.41, 5.74) is 8.27. The number of aromatic nitrogens is 2. The van der Waals surface area contributed by atoms with E-state index in [2.05, 4.69) is 41.3 Å². The fraction of sp³-hybridized carbons (Fsp3) is 0.375. The number of halogens is 1. The van der Waals surface area contributed by atoms with Gasteiger partial charge in [0.2, 0.25) is 0 Å². The second-order valence-corrected chi connectivity index (χ2v) is 5.56. The van der Waals surface area contributed by atoms with E-state index < -0.39 is 0 Å². The van der Waals surface area contributed by atoms with Crippen molar-refractivity contribution in [2.45, 2.75) is 38.1 Å². The molecule has 0 atom stereocenters. The third kappa shape index (κ3) is 3.52. The molecule has 2 aromatic rings. The quantitative estimate of drug-likeness (QED) is 0.939. The van der Waals surface area contributed by atoms with E-state index in [0.29, 0.717) is 11.7 Å². The van der Waals surface area contributed by atoms with Crippen molar-refractivity contribution in [2.75, 3.05) is 0 Å². The van der Waals surface area contributed by atoms with E-state index in [1.54, 1.807) is 0 Å². The lowest BCUT2D eigenvalue weighted by Crippen LogP contribution is -2.34. The van der Waals surface area contributed by atoms with Crippen LogP contribution in [0.1, 0.15) is 48.5 Å². The van der Waals surface area contributed by atoms with Gasteiger partial charge in [-0.25, -0.2) is 0 Å². The topological polar surface area (TPSA) is 64.9 Å². The second-order valence-electron chi connectivity index (χ2n) is 5.56. The van der Waals surface area contributed by atoms with Gasteiger partial charge in [-0.2, -0.15) is 4.98 Å². The summed E-state index contributed by atoms with van der Waals surface area (Å²) in [6.07, 6.45) is 7.95.